The van der Waals surface area contributed by atoms with Crippen LogP contribution in [0.15, 0.2) is 18.2 Å². The van der Waals surface area contributed by atoms with Crippen molar-refractivity contribution in [1.29, 1.82) is 0 Å². The standard InChI is InChI=1S/C18H27Cl3O2/c1-2-5-16(19)13-10-14(17(20)6-3-8-22)12-15(11-13)18(21)7-4-9-23/h10-12,16-18,22-23H,2-9H2,1H3. The summed E-state index contributed by atoms with van der Waals surface area (Å²) in [5.41, 5.74) is 3.05. The van der Waals surface area contributed by atoms with Gasteiger partial charge in [0.2, 0.25) is 0 Å². The van der Waals surface area contributed by atoms with Gasteiger partial charge in [-0.25, -0.2) is 0 Å². The van der Waals surface area contributed by atoms with E-state index in [2.05, 4.69) is 19.1 Å². The van der Waals surface area contributed by atoms with E-state index >= 15 is 0 Å². The third-order valence-electron chi connectivity index (χ3n) is 3.86. The van der Waals surface area contributed by atoms with E-state index in [0.29, 0.717) is 25.7 Å². The second-order valence-corrected chi connectivity index (χ2v) is 7.44. The van der Waals surface area contributed by atoms with Crippen LogP contribution in [0.3, 0.4) is 0 Å². The first kappa shape index (κ1) is 21.1. The molecule has 0 aliphatic heterocycles. The van der Waals surface area contributed by atoms with E-state index in [1.54, 1.807) is 0 Å². The van der Waals surface area contributed by atoms with Crippen LogP contribution in [0.1, 0.15) is 78.3 Å². The summed E-state index contributed by atoms with van der Waals surface area (Å²) in [6, 6.07) is 6.15. The van der Waals surface area contributed by atoms with Crippen LogP contribution in [0.5, 0.6) is 0 Å². The maximum atomic E-state index is 8.99. The van der Waals surface area contributed by atoms with Gasteiger partial charge in [-0.3, -0.25) is 0 Å². The summed E-state index contributed by atoms with van der Waals surface area (Å²) >= 11 is 19.5. The highest BCUT2D eigenvalue weighted by Crippen LogP contribution is 2.36. The van der Waals surface area contributed by atoms with Crippen LogP contribution in [-0.4, -0.2) is 23.4 Å². The van der Waals surface area contributed by atoms with Crippen LogP contribution in [0.4, 0.5) is 0 Å². The van der Waals surface area contributed by atoms with Gasteiger partial charge < -0.3 is 10.2 Å². The molecule has 0 bridgehead atoms. The monoisotopic (exact) mass is 380 g/mol. The number of halogens is 3. The molecule has 3 unspecified atom stereocenters. The average molecular weight is 382 g/mol. The third-order valence-corrected chi connectivity index (χ3v) is 5.27. The first-order valence-corrected chi connectivity index (χ1v) is 9.63. The maximum Gasteiger partial charge on any atom is 0.0586 e. The molecular formula is C18H27Cl3O2. The molecule has 5 heteroatoms. The fourth-order valence-electron chi connectivity index (χ4n) is 2.54. The van der Waals surface area contributed by atoms with E-state index < -0.39 is 0 Å². The van der Waals surface area contributed by atoms with Gasteiger partial charge in [0.1, 0.15) is 0 Å². The van der Waals surface area contributed by atoms with Crippen molar-refractivity contribution in [2.24, 2.45) is 0 Å². The van der Waals surface area contributed by atoms with Crippen molar-refractivity contribution in [1.82, 2.24) is 0 Å². The van der Waals surface area contributed by atoms with E-state index in [-0.39, 0.29) is 29.3 Å². The largest absolute Gasteiger partial charge is 0.396 e. The Morgan fingerprint density at radius 1 is 0.739 bits per heavy atom. The van der Waals surface area contributed by atoms with E-state index in [9.17, 15) is 0 Å². The van der Waals surface area contributed by atoms with Crippen LogP contribution < -0.4 is 0 Å². The normalized spacial score (nSPS) is 15.4. The topological polar surface area (TPSA) is 40.5 Å². The van der Waals surface area contributed by atoms with Gasteiger partial charge in [0.15, 0.2) is 0 Å². The van der Waals surface area contributed by atoms with Gasteiger partial charge in [0, 0.05) is 13.2 Å². The number of aliphatic hydroxyl groups is 2. The minimum atomic E-state index is -0.159. The lowest BCUT2D eigenvalue weighted by atomic mass is 9.95. The lowest BCUT2D eigenvalue weighted by Crippen LogP contribution is -2.01. The Bertz CT molecular complexity index is 422. The number of aliphatic hydroxyl groups excluding tert-OH is 2. The first-order valence-electron chi connectivity index (χ1n) is 8.32. The quantitative estimate of drug-likeness (QED) is 0.470. The van der Waals surface area contributed by atoms with Crippen molar-refractivity contribution in [3.8, 4) is 0 Å². The van der Waals surface area contributed by atoms with Gasteiger partial charge in [0.25, 0.3) is 0 Å². The maximum absolute atomic E-state index is 8.99. The van der Waals surface area contributed by atoms with Crippen LogP contribution in [0.25, 0.3) is 0 Å². The molecule has 0 saturated carbocycles. The van der Waals surface area contributed by atoms with Crippen molar-refractivity contribution in [3.05, 3.63) is 34.9 Å². The number of hydrogen-bond donors (Lipinski definition) is 2. The van der Waals surface area contributed by atoms with Crippen LogP contribution >= 0.6 is 34.8 Å². The predicted octanol–water partition coefficient (Wildman–Crippen LogP) is 5.87. The van der Waals surface area contributed by atoms with Crippen LogP contribution in [0.2, 0.25) is 0 Å². The number of alkyl halides is 3. The van der Waals surface area contributed by atoms with E-state index in [1.807, 2.05) is 6.07 Å². The summed E-state index contributed by atoms with van der Waals surface area (Å²) in [5.74, 6) is 0. The van der Waals surface area contributed by atoms with Crippen LogP contribution in [0, 0.1) is 0 Å². The SMILES string of the molecule is CCCC(Cl)c1cc(C(Cl)CCCO)cc(C(Cl)CCCO)c1. The molecule has 0 saturated heterocycles. The van der Waals surface area contributed by atoms with Crippen molar-refractivity contribution in [3.63, 3.8) is 0 Å². The molecule has 23 heavy (non-hydrogen) atoms. The van der Waals surface area contributed by atoms with E-state index in [4.69, 9.17) is 45.0 Å². The molecule has 2 nitrogen and oxygen atoms in total. The van der Waals surface area contributed by atoms with E-state index in [0.717, 1.165) is 29.5 Å². The fraction of sp³-hybridized carbons (Fsp3) is 0.667. The van der Waals surface area contributed by atoms with Gasteiger partial charge in [0.05, 0.1) is 16.1 Å². The molecule has 1 aromatic rings. The summed E-state index contributed by atoms with van der Waals surface area (Å²) in [7, 11) is 0. The molecule has 0 spiro atoms. The molecule has 2 N–H and O–H groups in total. The summed E-state index contributed by atoms with van der Waals surface area (Å²) in [4.78, 5) is 0. The molecule has 0 aromatic heterocycles. The Labute approximate surface area is 154 Å². The molecule has 132 valence electrons. The number of benzene rings is 1. The molecule has 1 rings (SSSR count). The van der Waals surface area contributed by atoms with Crippen molar-refractivity contribution < 1.29 is 10.2 Å². The zero-order chi connectivity index (χ0) is 17.2. The molecule has 0 amide bonds. The third kappa shape index (κ3) is 7.19. The lowest BCUT2D eigenvalue weighted by Gasteiger charge is -2.18. The van der Waals surface area contributed by atoms with Crippen LogP contribution in [-0.2, 0) is 0 Å². The van der Waals surface area contributed by atoms with Crippen molar-refractivity contribution in [2.75, 3.05) is 13.2 Å². The predicted molar refractivity (Wildman–Crippen MR) is 99.8 cm³/mol. The van der Waals surface area contributed by atoms with E-state index in [1.165, 1.54) is 0 Å². The van der Waals surface area contributed by atoms with Gasteiger partial charge in [-0.2, -0.15) is 0 Å². The van der Waals surface area contributed by atoms with Gasteiger partial charge in [-0.05, 0) is 48.8 Å². The molecule has 0 radical (unpaired) electrons. The molecule has 0 aliphatic rings. The smallest absolute Gasteiger partial charge is 0.0586 e. The van der Waals surface area contributed by atoms with Gasteiger partial charge in [-0.1, -0.05) is 31.5 Å². The highest BCUT2D eigenvalue weighted by atomic mass is 35.5. The molecule has 1 aromatic carbocycles. The first-order chi connectivity index (χ1) is 11.0. The van der Waals surface area contributed by atoms with Crippen molar-refractivity contribution >= 4 is 34.8 Å². The number of rotatable bonds is 11. The molecule has 0 fully saturated rings. The molecule has 0 heterocycles. The average Bonchev–Trinajstić information content (AvgIpc) is 2.57. The highest BCUT2D eigenvalue weighted by molar-refractivity contribution is 6.22. The minimum absolute atomic E-state index is 0.0536. The summed E-state index contributed by atoms with van der Waals surface area (Å²) in [6.07, 6.45) is 4.68. The van der Waals surface area contributed by atoms with Gasteiger partial charge in [-0.15, -0.1) is 34.8 Å². The molecule has 0 aliphatic carbocycles. The highest BCUT2D eigenvalue weighted by Gasteiger charge is 2.17. The zero-order valence-electron chi connectivity index (χ0n) is 13.6. The summed E-state index contributed by atoms with van der Waals surface area (Å²) in [5, 5.41) is 17.6. The lowest BCUT2D eigenvalue weighted by molar-refractivity contribution is 0.284. The Morgan fingerprint density at radius 3 is 1.39 bits per heavy atom. The molecule has 3 atom stereocenters. The fourth-order valence-corrected chi connectivity index (χ4v) is 3.44. The number of hydrogen-bond acceptors (Lipinski definition) is 2. The Hall–Kier alpha value is 0.01000. The molecular weight excluding hydrogens is 355 g/mol. The zero-order valence-corrected chi connectivity index (χ0v) is 15.9. The summed E-state index contributed by atoms with van der Waals surface area (Å²) < 4.78 is 0. The Balaban J connectivity index is 3.05. The van der Waals surface area contributed by atoms with Gasteiger partial charge >= 0.3 is 0 Å². The Kier molecular flexibility index (Phi) is 10.6. The summed E-state index contributed by atoms with van der Waals surface area (Å²) in [6.45, 7) is 2.38. The van der Waals surface area contributed by atoms with Crippen molar-refractivity contribution in [2.45, 2.75) is 61.6 Å². The minimum Gasteiger partial charge on any atom is -0.396 e. The second kappa shape index (κ2) is 11.5. The Morgan fingerprint density at radius 2 is 1.09 bits per heavy atom. The second-order valence-electron chi connectivity index (χ2n) is 5.86.